The predicted octanol–water partition coefficient (Wildman–Crippen LogP) is 2.53. The zero-order valence-electron chi connectivity index (χ0n) is 14.1. The minimum Gasteiger partial charge on any atom is -0.462 e. The second-order valence-electron chi connectivity index (χ2n) is 5.69. The van der Waals surface area contributed by atoms with E-state index in [0.717, 1.165) is 0 Å². The van der Waals surface area contributed by atoms with E-state index in [0.29, 0.717) is 11.1 Å². The quantitative estimate of drug-likeness (QED) is 0.456. The lowest BCUT2D eigenvalue weighted by atomic mass is 9.82. The molecule has 2 rings (SSSR count). The summed E-state index contributed by atoms with van der Waals surface area (Å²) < 4.78 is 10.8. The highest BCUT2D eigenvalue weighted by molar-refractivity contribution is 6.12. The SMILES string of the molecule is B[C@@H](COC(=O)c1ccccc1)[C@H](CC=N)OC(=O)c1ccccc1. The normalized spacial score (nSPS) is 12.6. The van der Waals surface area contributed by atoms with Crippen LogP contribution in [0.3, 0.4) is 0 Å². The van der Waals surface area contributed by atoms with E-state index >= 15 is 0 Å². The maximum atomic E-state index is 12.2. The van der Waals surface area contributed by atoms with Gasteiger partial charge in [0.05, 0.1) is 17.7 Å². The van der Waals surface area contributed by atoms with Crippen molar-refractivity contribution >= 4 is 26.0 Å². The Labute approximate surface area is 147 Å². The molecular formula is C19H20BNO4. The molecule has 0 radical (unpaired) electrons. The summed E-state index contributed by atoms with van der Waals surface area (Å²) in [6.45, 7) is 0.105. The Morgan fingerprint density at radius 2 is 1.48 bits per heavy atom. The summed E-state index contributed by atoms with van der Waals surface area (Å²) in [5.41, 5.74) is 0.922. The van der Waals surface area contributed by atoms with Gasteiger partial charge in [0.15, 0.2) is 0 Å². The second-order valence-corrected chi connectivity index (χ2v) is 5.69. The number of hydrogen-bond acceptors (Lipinski definition) is 5. The molecular weight excluding hydrogens is 317 g/mol. The third kappa shape index (κ3) is 5.60. The van der Waals surface area contributed by atoms with Gasteiger partial charge in [-0.2, -0.15) is 0 Å². The van der Waals surface area contributed by atoms with Crippen LogP contribution in [0, 0.1) is 5.41 Å². The Hall–Kier alpha value is -2.89. The lowest BCUT2D eigenvalue weighted by Crippen LogP contribution is -2.28. The second kappa shape index (κ2) is 9.42. The average molecular weight is 337 g/mol. The largest absolute Gasteiger partial charge is 0.462 e. The Morgan fingerprint density at radius 1 is 0.960 bits per heavy atom. The van der Waals surface area contributed by atoms with Crippen molar-refractivity contribution < 1.29 is 19.1 Å². The molecule has 2 aromatic carbocycles. The summed E-state index contributed by atoms with van der Waals surface area (Å²) in [5, 5.41) is 7.30. The van der Waals surface area contributed by atoms with Crippen molar-refractivity contribution in [3.8, 4) is 0 Å². The van der Waals surface area contributed by atoms with Gasteiger partial charge in [-0.25, -0.2) is 9.59 Å². The first-order valence-corrected chi connectivity index (χ1v) is 8.09. The molecule has 0 saturated carbocycles. The van der Waals surface area contributed by atoms with Crippen molar-refractivity contribution in [2.24, 2.45) is 0 Å². The van der Waals surface area contributed by atoms with Gasteiger partial charge in [0.2, 0.25) is 0 Å². The van der Waals surface area contributed by atoms with Crippen LogP contribution in [0.5, 0.6) is 0 Å². The zero-order chi connectivity index (χ0) is 18.1. The van der Waals surface area contributed by atoms with Crippen molar-refractivity contribution in [1.29, 1.82) is 5.41 Å². The number of nitrogens with one attached hydrogen (secondary N) is 1. The fourth-order valence-electron chi connectivity index (χ4n) is 2.26. The molecule has 6 heteroatoms. The summed E-state index contributed by atoms with van der Waals surface area (Å²) in [4.78, 5) is 24.2. The standard InChI is InChI=1S/C19H20BNO4/c20-16(13-24-18(22)14-7-3-1-4-8-14)17(11-12-21)25-19(23)15-9-5-2-6-10-15/h1-10,12,16-17,21H,11,13,20H2/t16-,17-/m0/s1. The van der Waals surface area contributed by atoms with Crippen LogP contribution in [0.15, 0.2) is 60.7 Å². The fourth-order valence-corrected chi connectivity index (χ4v) is 2.26. The molecule has 5 nitrogen and oxygen atoms in total. The van der Waals surface area contributed by atoms with E-state index in [1.54, 1.807) is 48.5 Å². The van der Waals surface area contributed by atoms with Gasteiger partial charge in [0.1, 0.15) is 14.0 Å². The molecule has 0 saturated heterocycles. The number of carbonyl (C=O) groups is 2. The average Bonchev–Trinajstić information content (AvgIpc) is 2.66. The number of rotatable bonds is 8. The molecule has 0 aromatic heterocycles. The molecule has 128 valence electrons. The van der Waals surface area contributed by atoms with Gasteiger partial charge in [-0.1, -0.05) is 36.4 Å². The Morgan fingerprint density at radius 3 is 2.00 bits per heavy atom. The molecule has 25 heavy (non-hydrogen) atoms. The van der Waals surface area contributed by atoms with Crippen LogP contribution in [0.2, 0.25) is 5.82 Å². The molecule has 0 spiro atoms. The van der Waals surface area contributed by atoms with E-state index in [1.807, 2.05) is 20.0 Å². The summed E-state index contributed by atoms with van der Waals surface area (Å²) >= 11 is 0. The molecule has 1 N–H and O–H groups in total. The summed E-state index contributed by atoms with van der Waals surface area (Å²) in [6, 6.07) is 17.4. The molecule has 2 atom stereocenters. The number of carbonyl (C=O) groups excluding carboxylic acids is 2. The highest BCUT2D eigenvalue weighted by atomic mass is 16.6. The molecule has 2 aromatic rings. The summed E-state index contributed by atoms with van der Waals surface area (Å²) in [6.07, 6.45) is 0.926. The van der Waals surface area contributed by atoms with E-state index in [1.165, 1.54) is 6.21 Å². The van der Waals surface area contributed by atoms with E-state index < -0.39 is 18.0 Å². The van der Waals surface area contributed by atoms with Crippen molar-refractivity contribution in [1.82, 2.24) is 0 Å². The van der Waals surface area contributed by atoms with Crippen LogP contribution in [0.1, 0.15) is 27.1 Å². The van der Waals surface area contributed by atoms with Crippen LogP contribution >= 0.6 is 0 Å². The molecule has 0 unspecified atom stereocenters. The number of esters is 2. The molecule has 0 aliphatic rings. The van der Waals surface area contributed by atoms with Crippen molar-refractivity contribution in [2.45, 2.75) is 18.3 Å². The van der Waals surface area contributed by atoms with Gasteiger partial charge in [-0.3, -0.25) is 0 Å². The number of hydrogen-bond donors (Lipinski definition) is 1. The van der Waals surface area contributed by atoms with E-state index in [4.69, 9.17) is 14.9 Å². The van der Waals surface area contributed by atoms with E-state index in [2.05, 4.69) is 0 Å². The molecule has 0 aliphatic carbocycles. The maximum absolute atomic E-state index is 12.2. The highest BCUT2D eigenvalue weighted by Gasteiger charge is 2.23. The Balaban J connectivity index is 1.93. The Bertz CT molecular complexity index is 706. The number of ether oxygens (including phenoxy) is 2. The first-order chi connectivity index (χ1) is 12.1. The van der Waals surface area contributed by atoms with Crippen LogP contribution in [0.25, 0.3) is 0 Å². The lowest BCUT2D eigenvalue weighted by molar-refractivity contribution is 0.0208. The van der Waals surface area contributed by atoms with Crippen LogP contribution in [-0.2, 0) is 9.47 Å². The molecule has 0 aliphatic heterocycles. The van der Waals surface area contributed by atoms with Gasteiger partial charge in [0.25, 0.3) is 0 Å². The van der Waals surface area contributed by atoms with Crippen molar-refractivity contribution in [3.05, 3.63) is 71.8 Å². The van der Waals surface area contributed by atoms with Crippen LogP contribution in [0.4, 0.5) is 0 Å². The third-order valence-electron chi connectivity index (χ3n) is 3.74. The van der Waals surface area contributed by atoms with Gasteiger partial charge in [-0.15, -0.1) is 0 Å². The Kier molecular flexibility index (Phi) is 6.95. The predicted molar refractivity (Wildman–Crippen MR) is 98.1 cm³/mol. The smallest absolute Gasteiger partial charge is 0.338 e. The molecule has 0 fully saturated rings. The monoisotopic (exact) mass is 337 g/mol. The molecule has 0 bridgehead atoms. The fraction of sp³-hybridized carbons (Fsp3) is 0.211. The summed E-state index contributed by atoms with van der Waals surface area (Å²) in [5.74, 6) is -1.11. The highest BCUT2D eigenvalue weighted by Crippen LogP contribution is 2.17. The van der Waals surface area contributed by atoms with Gasteiger partial charge in [0, 0.05) is 12.2 Å². The van der Waals surface area contributed by atoms with E-state index in [-0.39, 0.29) is 18.8 Å². The van der Waals surface area contributed by atoms with Crippen LogP contribution in [-0.4, -0.2) is 38.7 Å². The lowest BCUT2D eigenvalue weighted by Gasteiger charge is -2.23. The molecule has 0 heterocycles. The zero-order valence-corrected chi connectivity index (χ0v) is 14.1. The van der Waals surface area contributed by atoms with Gasteiger partial charge < -0.3 is 14.9 Å². The third-order valence-corrected chi connectivity index (χ3v) is 3.74. The first-order valence-electron chi connectivity index (χ1n) is 8.09. The minimum absolute atomic E-state index is 0.105. The van der Waals surface area contributed by atoms with Crippen molar-refractivity contribution in [2.75, 3.05) is 6.61 Å². The topological polar surface area (TPSA) is 76.5 Å². The van der Waals surface area contributed by atoms with E-state index in [9.17, 15) is 9.59 Å². The number of benzene rings is 2. The maximum Gasteiger partial charge on any atom is 0.338 e. The first kappa shape index (κ1) is 18.5. The van der Waals surface area contributed by atoms with Crippen LogP contribution < -0.4 is 0 Å². The summed E-state index contributed by atoms with van der Waals surface area (Å²) in [7, 11) is 1.82. The minimum atomic E-state index is -0.534. The molecule has 0 amide bonds. The van der Waals surface area contributed by atoms with Crippen molar-refractivity contribution in [3.63, 3.8) is 0 Å². The van der Waals surface area contributed by atoms with Gasteiger partial charge >= 0.3 is 11.9 Å². The van der Waals surface area contributed by atoms with Gasteiger partial charge in [-0.05, 0) is 30.5 Å².